The predicted octanol–water partition coefficient (Wildman–Crippen LogP) is 2.81. The second-order valence-corrected chi connectivity index (χ2v) is 7.18. The molecule has 0 aromatic heterocycles. The van der Waals surface area contributed by atoms with E-state index in [1.54, 1.807) is 13.0 Å². The first-order chi connectivity index (χ1) is 9.69. The van der Waals surface area contributed by atoms with Crippen LogP contribution in [-0.4, -0.2) is 26.8 Å². The van der Waals surface area contributed by atoms with Crippen molar-refractivity contribution < 1.29 is 18.1 Å². The van der Waals surface area contributed by atoms with Gasteiger partial charge < -0.3 is 5.11 Å². The van der Waals surface area contributed by atoms with Gasteiger partial charge in [-0.1, -0.05) is 25.1 Å². The minimum Gasteiger partial charge on any atom is -0.393 e. The highest BCUT2D eigenvalue weighted by molar-refractivity contribution is 7.83. The molecule has 0 heterocycles. The van der Waals surface area contributed by atoms with Crippen LogP contribution in [0.3, 0.4) is 0 Å². The van der Waals surface area contributed by atoms with Crippen molar-refractivity contribution in [3.8, 4) is 0 Å². The van der Waals surface area contributed by atoms with Crippen molar-refractivity contribution in [3.63, 3.8) is 0 Å². The topological polar surface area (TPSA) is 49.3 Å². The highest BCUT2D eigenvalue weighted by atomic mass is 32.2. The van der Waals surface area contributed by atoms with Gasteiger partial charge in [0.25, 0.3) is 0 Å². The molecular weight excluding hydrogens is 296 g/mol. The summed E-state index contributed by atoms with van der Waals surface area (Å²) in [6.07, 6.45) is 0.634. The Morgan fingerprint density at radius 2 is 1.95 bits per heavy atom. The Morgan fingerprint density at radius 1 is 1.38 bits per heavy atom. The van der Waals surface area contributed by atoms with E-state index >= 15 is 0 Å². The zero-order valence-electron chi connectivity index (χ0n) is 12.8. The number of hydrogen-bond donors (Lipinski definition) is 2. The van der Waals surface area contributed by atoms with Crippen molar-refractivity contribution in [1.29, 1.82) is 0 Å². The van der Waals surface area contributed by atoms with E-state index in [1.807, 2.05) is 6.92 Å². The maximum absolute atomic E-state index is 14.8. The molecule has 1 aromatic carbocycles. The van der Waals surface area contributed by atoms with Crippen LogP contribution in [0.4, 0.5) is 8.78 Å². The molecule has 3 nitrogen and oxygen atoms in total. The quantitative estimate of drug-likeness (QED) is 0.812. The zero-order valence-corrected chi connectivity index (χ0v) is 13.6. The molecule has 0 fully saturated rings. The van der Waals surface area contributed by atoms with Gasteiger partial charge in [0.1, 0.15) is 5.82 Å². The lowest BCUT2D eigenvalue weighted by Crippen LogP contribution is -2.58. The van der Waals surface area contributed by atoms with Crippen LogP contribution in [0.25, 0.3) is 0 Å². The summed E-state index contributed by atoms with van der Waals surface area (Å²) in [5, 5.41) is 9.14. The van der Waals surface area contributed by atoms with Gasteiger partial charge in [-0.05, 0) is 33.3 Å². The molecule has 0 bridgehead atoms. The third-order valence-corrected chi connectivity index (χ3v) is 5.67. The molecule has 1 unspecified atom stereocenters. The molecule has 0 aliphatic carbocycles. The summed E-state index contributed by atoms with van der Waals surface area (Å²) in [6.45, 7) is 5.40. The minimum absolute atomic E-state index is 0.0423. The fourth-order valence-corrected chi connectivity index (χ4v) is 3.15. The molecule has 0 saturated carbocycles. The summed E-state index contributed by atoms with van der Waals surface area (Å²) in [5.41, 5.74) is -3.75. The summed E-state index contributed by atoms with van der Waals surface area (Å²) in [6, 6.07) is 5.73. The summed E-state index contributed by atoms with van der Waals surface area (Å²) >= 11 is 0. The van der Waals surface area contributed by atoms with Crippen molar-refractivity contribution in [2.45, 2.75) is 50.6 Å². The third-order valence-electron chi connectivity index (χ3n) is 4.00. The maximum Gasteiger partial charge on any atom is 0.153 e. The van der Waals surface area contributed by atoms with E-state index in [4.69, 9.17) is 0 Å². The molecule has 120 valence electrons. The van der Waals surface area contributed by atoms with Gasteiger partial charge in [0.15, 0.2) is 5.67 Å². The second kappa shape index (κ2) is 6.94. The van der Waals surface area contributed by atoms with E-state index in [1.165, 1.54) is 32.0 Å². The summed E-state index contributed by atoms with van der Waals surface area (Å²) in [4.78, 5) is 0. The van der Waals surface area contributed by atoms with Crippen LogP contribution in [0, 0.1) is 5.82 Å². The highest BCUT2D eigenvalue weighted by Crippen LogP contribution is 2.37. The lowest BCUT2D eigenvalue weighted by molar-refractivity contribution is 0.00999. The normalized spacial score (nSPS) is 20.3. The summed E-state index contributed by atoms with van der Waals surface area (Å²) in [5.74, 6) is -0.606. The average Bonchev–Trinajstić information content (AvgIpc) is 2.46. The minimum atomic E-state index is -2.18. The van der Waals surface area contributed by atoms with Crippen LogP contribution >= 0.6 is 0 Å². The Kier molecular flexibility index (Phi) is 6.01. The average molecular weight is 319 g/mol. The van der Waals surface area contributed by atoms with Crippen molar-refractivity contribution in [2.75, 3.05) is 6.61 Å². The standard InChI is InChI=1S/C15H23F2NO2S/c1-5-11(2)21(20)18-15(4,14(3,17)10-19)12-8-6-7-9-13(12)16/h6-9,11,18-19H,5,10H2,1-4H3/t11-,14+,15-,21?/m1/s1. The second-order valence-electron chi connectivity index (χ2n) is 5.58. The maximum atomic E-state index is 14.8. The number of aliphatic hydroxyl groups excluding tert-OH is 1. The molecule has 0 radical (unpaired) electrons. The van der Waals surface area contributed by atoms with Gasteiger partial charge >= 0.3 is 0 Å². The molecule has 6 heteroatoms. The Hall–Kier alpha value is -0.850. The fraction of sp³-hybridized carbons (Fsp3) is 0.600. The van der Waals surface area contributed by atoms with E-state index < -0.39 is 34.6 Å². The van der Waals surface area contributed by atoms with Gasteiger partial charge in [-0.2, -0.15) is 0 Å². The molecule has 1 rings (SSSR count). The lowest BCUT2D eigenvalue weighted by atomic mass is 9.79. The predicted molar refractivity (Wildman–Crippen MR) is 81.4 cm³/mol. The number of aliphatic hydroxyl groups is 1. The van der Waals surface area contributed by atoms with Crippen LogP contribution < -0.4 is 4.72 Å². The number of nitrogens with one attached hydrogen (secondary N) is 1. The molecule has 0 aliphatic heterocycles. The Bertz CT molecular complexity index is 510. The van der Waals surface area contributed by atoms with Crippen molar-refractivity contribution in [3.05, 3.63) is 35.6 Å². The molecular formula is C15H23F2NO2S. The SMILES string of the molecule is CC[C@@H](C)S(=O)N[C@](C)(c1ccccc1F)[C@@](C)(F)CO. The first-order valence-corrected chi connectivity index (χ1v) is 8.14. The number of halogens is 2. The Labute approximate surface area is 127 Å². The first kappa shape index (κ1) is 18.2. The molecule has 0 spiro atoms. The van der Waals surface area contributed by atoms with E-state index in [2.05, 4.69) is 4.72 Å². The van der Waals surface area contributed by atoms with Gasteiger partial charge in [0.2, 0.25) is 0 Å². The van der Waals surface area contributed by atoms with Crippen molar-refractivity contribution >= 4 is 11.0 Å². The van der Waals surface area contributed by atoms with Crippen molar-refractivity contribution in [1.82, 2.24) is 4.72 Å². The molecule has 21 heavy (non-hydrogen) atoms. The molecule has 4 atom stereocenters. The molecule has 2 N–H and O–H groups in total. The van der Waals surface area contributed by atoms with Crippen LogP contribution in [-0.2, 0) is 16.5 Å². The molecule has 0 saturated heterocycles. The summed E-state index contributed by atoms with van der Waals surface area (Å²) < 4.78 is 43.9. The molecule has 0 aliphatic rings. The van der Waals surface area contributed by atoms with E-state index in [9.17, 15) is 18.1 Å². The lowest BCUT2D eigenvalue weighted by Gasteiger charge is -2.41. The number of benzene rings is 1. The first-order valence-electron chi connectivity index (χ1n) is 6.92. The number of rotatable bonds is 7. The van der Waals surface area contributed by atoms with E-state index in [-0.39, 0.29) is 10.8 Å². The van der Waals surface area contributed by atoms with E-state index in [0.717, 1.165) is 0 Å². The van der Waals surface area contributed by atoms with Gasteiger partial charge in [-0.3, -0.25) is 0 Å². The molecule has 0 amide bonds. The van der Waals surface area contributed by atoms with E-state index in [0.29, 0.717) is 6.42 Å². The zero-order chi connectivity index (χ0) is 16.3. The number of hydrogen-bond acceptors (Lipinski definition) is 2. The Morgan fingerprint density at radius 3 is 2.43 bits per heavy atom. The summed E-state index contributed by atoms with van der Waals surface area (Å²) in [7, 11) is -1.56. The Balaban J connectivity index is 3.32. The monoisotopic (exact) mass is 319 g/mol. The van der Waals surface area contributed by atoms with Gasteiger partial charge in [-0.25, -0.2) is 17.7 Å². The third kappa shape index (κ3) is 3.67. The molecule has 1 aromatic rings. The van der Waals surface area contributed by atoms with Crippen LogP contribution in [0.1, 0.15) is 39.7 Å². The fourth-order valence-electron chi connectivity index (χ4n) is 1.92. The smallest absolute Gasteiger partial charge is 0.153 e. The van der Waals surface area contributed by atoms with Crippen LogP contribution in [0.5, 0.6) is 0 Å². The van der Waals surface area contributed by atoms with Crippen LogP contribution in [0.15, 0.2) is 24.3 Å². The number of alkyl halides is 1. The van der Waals surface area contributed by atoms with Gasteiger partial charge in [0, 0.05) is 10.8 Å². The van der Waals surface area contributed by atoms with Gasteiger partial charge in [-0.15, -0.1) is 0 Å². The van der Waals surface area contributed by atoms with Gasteiger partial charge in [0.05, 0.1) is 23.1 Å². The highest BCUT2D eigenvalue weighted by Gasteiger charge is 2.49. The van der Waals surface area contributed by atoms with Crippen molar-refractivity contribution in [2.24, 2.45) is 0 Å². The van der Waals surface area contributed by atoms with Crippen LogP contribution in [0.2, 0.25) is 0 Å². The largest absolute Gasteiger partial charge is 0.393 e.